The van der Waals surface area contributed by atoms with E-state index in [1.54, 1.807) is 13.4 Å². The van der Waals surface area contributed by atoms with Gasteiger partial charge in [0.1, 0.15) is 5.76 Å². The van der Waals surface area contributed by atoms with Gasteiger partial charge in [-0.3, -0.25) is 9.89 Å². The number of nitrogens with zero attached hydrogens (tertiary/aromatic N) is 2. The molecule has 1 aliphatic rings. The van der Waals surface area contributed by atoms with Gasteiger partial charge in [-0.15, -0.1) is 24.0 Å². The van der Waals surface area contributed by atoms with Gasteiger partial charge in [0.05, 0.1) is 12.8 Å². The van der Waals surface area contributed by atoms with Gasteiger partial charge in [-0.25, -0.2) is 0 Å². The van der Waals surface area contributed by atoms with E-state index in [0.717, 1.165) is 63.8 Å². The fourth-order valence-electron chi connectivity index (χ4n) is 3.23. The molecule has 1 aromatic heterocycles. The summed E-state index contributed by atoms with van der Waals surface area (Å²) >= 11 is 0. The van der Waals surface area contributed by atoms with Gasteiger partial charge in [0.25, 0.3) is 0 Å². The second-order valence-corrected chi connectivity index (χ2v) is 6.50. The Balaban J connectivity index is 0.00000338. The normalized spacial score (nSPS) is 17.9. The Labute approximate surface area is 175 Å². The maximum atomic E-state index is 5.39. The number of likely N-dealkylation sites (N-methyl/N-ethyl adjacent to an activating group) is 1. The topological polar surface area (TPSA) is 62.0 Å². The summed E-state index contributed by atoms with van der Waals surface area (Å²) < 4.78 is 10.5. The summed E-state index contributed by atoms with van der Waals surface area (Å²) in [6, 6.07) is 4.52. The van der Waals surface area contributed by atoms with E-state index in [4.69, 9.17) is 14.1 Å². The van der Waals surface area contributed by atoms with Crippen LogP contribution in [0, 0.1) is 0 Å². The highest BCUT2D eigenvalue weighted by Crippen LogP contribution is 2.16. The van der Waals surface area contributed by atoms with Gasteiger partial charge in [0.15, 0.2) is 5.96 Å². The van der Waals surface area contributed by atoms with Crippen molar-refractivity contribution in [3.8, 4) is 0 Å². The number of furan rings is 1. The lowest BCUT2D eigenvalue weighted by atomic mass is 10.2. The van der Waals surface area contributed by atoms with E-state index in [9.17, 15) is 0 Å². The molecule has 1 atom stereocenters. The minimum atomic E-state index is 0. The van der Waals surface area contributed by atoms with Crippen molar-refractivity contribution in [3.63, 3.8) is 0 Å². The van der Waals surface area contributed by atoms with Crippen LogP contribution in [0.15, 0.2) is 27.8 Å². The fourth-order valence-corrected chi connectivity index (χ4v) is 3.23. The summed E-state index contributed by atoms with van der Waals surface area (Å²) in [5.41, 5.74) is 0. The molecule has 2 heterocycles. The van der Waals surface area contributed by atoms with Crippen molar-refractivity contribution in [2.24, 2.45) is 4.99 Å². The number of hydrogen-bond donors (Lipinski definition) is 2. The Hall–Kier alpha value is -0.800. The third-order valence-corrected chi connectivity index (χ3v) is 4.68. The van der Waals surface area contributed by atoms with Crippen LogP contribution in [0.2, 0.25) is 0 Å². The van der Waals surface area contributed by atoms with Crippen LogP contribution in [0.25, 0.3) is 0 Å². The fraction of sp³-hybridized carbons (Fsp3) is 0.737. The van der Waals surface area contributed by atoms with Crippen molar-refractivity contribution in [1.29, 1.82) is 0 Å². The van der Waals surface area contributed by atoms with Crippen LogP contribution in [0.1, 0.15) is 38.4 Å². The summed E-state index contributed by atoms with van der Waals surface area (Å²) in [6.07, 6.45) is 7.27. The molecule has 0 bridgehead atoms. The highest BCUT2D eigenvalue weighted by atomic mass is 127. The van der Waals surface area contributed by atoms with Crippen molar-refractivity contribution >= 4 is 29.9 Å². The monoisotopic (exact) mass is 478 g/mol. The van der Waals surface area contributed by atoms with E-state index in [1.165, 1.54) is 19.4 Å². The number of ether oxygens (including phenoxy) is 1. The largest absolute Gasteiger partial charge is 0.469 e. The molecule has 1 aromatic rings. The van der Waals surface area contributed by atoms with E-state index in [1.807, 2.05) is 12.1 Å². The Morgan fingerprint density at radius 2 is 2.19 bits per heavy atom. The molecule has 2 rings (SSSR count). The zero-order valence-electron chi connectivity index (χ0n) is 16.2. The van der Waals surface area contributed by atoms with E-state index in [-0.39, 0.29) is 24.0 Å². The molecular formula is C19H35IN4O2. The average Bonchev–Trinajstić information content (AvgIpc) is 3.30. The van der Waals surface area contributed by atoms with Crippen LogP contribution in [0.4, 0.5) is 0 Å². The lowest BCUT2D eigenvalue weighted by molar-refractivity contribution is 0.193. The first-order chi connectivity index (χ1) is 12.3. The van der Waals surface area contributed by atoms with Crippen molar-refractivity contribution < 1.29 is 9.15 Å². The molecule has 0 amide bonds. The van der Waals surface area contributed by atoms with Crippen LogP contribution in [0.5, 0.6) is 0 Å². The molecule has 1 fully saturated rings. The lowest BCUT2D eigenvalue weighted by Gasteiger charge is -2.21. The number of unbranched alkanes of at least 4 members (excludes halogenated alkanes) is 1. The third-order valence-electron chi connectivity index (χ3n) is 4.68. The van der Waals surface area contributed by atoms with Gasteiger partial charge in [0, 0.05) is 39.3 Å². The van der Waals surface area contributed by atoms with E-state index >= 15 is 0 Å². The van der Waals surface area contributed by atoms with Gasteiger partial charge < -0.3 is 19.8 Å². The second kappa shape index (κ2) is 14.3. The van der Waals surface area contributed by atoms with Gasteiger partial charge in [-0.2, -0.15) is 0 Å². The van der Waals surface area contributed by atoms with Gasteiger partial charge in [-0.1, -0.05) is 6.92 Å². The zero-order chi connectivity index (χ0) is 17.7. The summed E-state index contributed by atoms with van der Waals surface area (Å²) in [6.45, 7) is 7.97. The van der Waals surface area contributed by atoms with Crippen molar-refractivity contribution in [1.82, 2.24) is 15.5 Å². The summed E-state index contributed by atoms with van der Waals surface area (Å²) in [4.78, 5) is 7.36. The summed E-state index contributed by atoms with van der Waals surface area (Å²) in [7, 11) is 1.75. The number of methoxy groups -OCH3 is 1. The highest BCUT2D eigenvalue weighted by molar-refractivity contribution is 14.0. The molecule has 0 saturated carbocycles. The second-order valence-electron chi connectivity index (χ2n) is 6.50. The average molecular weight is 478 g/mol. The predicted octanol–water partition coefficient (Wildman–Crippen LogP) is 2.89. The van der Waals surface area contributed by atoms with Crippen molar-refractivity contribution in [2.45, 2.75) is 45.1 Å². The molecule has 1 aliphatic heterocycles. The van der Waals surface area contributed by atoms with Crippen molar-refractivity contribution in [2.75, 3.05) is 46.4 Å². The van der Waals surface area contributed by atoms with Crippen LogP contribution in [0.3, 0.4) is 0 Å². The van der Waals surface area contributed by atoms with Crippen LogP contribution in [-0.4, -0.2) is 63.3 Å². The predicted molar refractivity (Wildman–Crippen MR) is 118 cm³/mol. The summed E-state index contributed by atoms with van der Waals surface area (Å²) in [5, 5.41) is 6.88. The molecular weight excluding hydrogens is 443 g/mol. The van der Waals surface area contributed by atoms with E-state index in [2.05, 4.69) is 22.5 Å². The number of hydrogen-bond acceptors (Lipinski definition) is 4. The maximum absolute atomic E-state index is 5.39. The quantitative estimate of drug-likeness (QED) is 0.222. The SMILES string of the molecule is CCN1CCCC1CN=C(NCCCCOC)NCCc1ccco1.I. The smallest absolute Gasteiger partial charge is 0.191 e. The van der Waals surface area contributed by atoms with Crippen LogP contribution in [-0.2, 0) is 11.2 Å². The Kier molecular flexibility index (Phi) is 12.8. The molecule has 0 radical (unpaired) electrons. The van der Waals surface area contributed by atoms with Crippen LogP contribution < -0.4 is 10.6 Å². The number of guanidine groups is 1. The minimum absolute atomic E-state index is 0. The first-order valence-corrected chi connectivity index (χ1v) is 9.61. The standard InChI is InChI=1S/C19H34N4O2.HI/c1-3-23-13-6-8-17(23)16-22-19(20-11-4-5-14-24-2)21-12-10-18-9-7-15-25-18;/h7,9,15,17H,3-6,8,10-14,16H2,1-2H3,(H2,20,21,22);1H. The minimum Gasteiger partial charge on any atom is -0.469 e. The zero-order valence-corrected chi connectivity index (χ0v) is 18.5. The van der Waals surface area contributed by atoms with Gasteiger partial charge in [-0.05, 0) is 50.9 Å². The Morgan fingerprint density at radius 3 is 2.92 bits per heavy atom. The number of rotatable bonds is 11. The van der Waals surface area contributed by atoms with Gasteiger partial charge in [0.2, 0.25) is 0 Å². The van der Waals surface area contributed by atoms with Crippen molar-refractivity contribution in [3.05, 3.63) is 24.2 Å². The molecule has 1 unspecified atom stereocenters. The molecule has 7 heteroatoms. The first-order valence-electron chi connectivity index (χ1n) is 9.61. The highest BCUT2D eigenvalue weighted by Gasteiger charge is 2.22. The number of likely N-dealkylation sites (tertiary alicyclic amines) is 1. The molecule has 0 aliphatic carbocycles. The lowest BCUT2D eigenvalue weighted by Crippen LogP contribution is -2.40. The molecule has 150 valence electrons. The third kappa shape index (κ3) is 8.73. The molecule has 26 heavy (non-hydrogen) atoms. The molecule has 6 nitrogen and oxygen atoms in total. The number of aliphatic imine (C=N–C) groups is 1. The molecule has 2 N–H and O–H groups in total. The maximum Gasteiger partial charge on any atom is 0.191 e. The molecule has 1 saturated heterocycles. The van der Waals surface area contributed by atoms with E-state index in [0.29, 0.717) is 6.04 Å². The first kappa shape index (κ1) is 23.2. The number of halogens is 1. The Morgan fingerprint density at radius 1 is 1.35 bits per heavy atom. The summed E-state index contributed by atoms with van der Waals surface area (Å²) in [5.74, 6) is 1.91. The van der Waals surface area contributed by atoms with Crippen LogP contribution >= 0.6 is 24.0 Å². The Bertz CT molecular complexity index is 482. The van der Waals surface area contributed by atoms with E-state index < -0.39 is 0 Å². The van der Waals surface area contributed by atoms with Gasteiger partial charge >= 0.3 is 0 Å². The molecule has 0 aromatic carbocycles. The number of nitrogens with one attached hydrogen (secondary N) is 2. The molecule has 0 spiro atoms.